The predicted molar refractivity (Wildman–Crippen MR) is 155 cm³/mol. The summed E-state index contributed by atoms with van der Waals surface area (Å²) >= 11 is 0. The summed E-state index contributed by atoms with van der Waals surface area (Å²) in [6.45, 7) is 7.51. The van der Waals surface area contributed by atoms with Crippen LogP contribution in [0.4, 0.5) is 4.39 Å². The third kappa shape index (κ3) is 5.43. The zero-order valence-corrected chi connectivity index (χ0v) is 24.1. The minimum absolute atomic E-state index is 0.0338. The third-order valence-corrected chi connectivity index (χ3v) is 7.47. The van der Waals surface area contributed by atoms with E-state index in [1.54, 1.807) is 12.3 Å². The summed E-state index contributed by atoms with van der Waals surface area (Å²) in [6, 6.07) is 10.1. The summed E-state index contributed by atoms with van der Waals surface area (Å²) < 4.78 is 21.2. The molecule has 5 aromatic rings. The number of carbonyl (C=O) groups is 3. The standard InChI is InChI=1S/C31H30FN7O4/c1-16-19-9-10-23(21(19)8-7-20(16)30(42)43-31(2,3)4)37-29(41)26-12-25(36-27-22(32)15-35-39(26)27)28(40)33-13-17-5-6-18-14-34-38-24(18)11-17/h5-8,11-12,14-15,23H,9-10,13H2,1-4H3,(H,33,40)(H,34,38)(H,37,41)/t23-/m0/s1. The molecule has 43 heavy (non-hydrogen) atoms. The van der Waals surface area contributed by atoms with Crippen LogP contribution < -0.4 is 10.6 Å². The Morgan fingerprint density at radius 2 is 1.93 bits per heavy atom. The van der Waals surface area contributed by atoms with Crippen molar-refractivity contribution in [3.8, 4) is 0 Å². The molecule has 2 aromatic carbocycles. The minimum atomic E-state index is -0.759. The summed E-state index contributed by atoms with van der Waals surface area (Å²) in [5.74, 6) is -2.27. The molecule has 1 aliphatic rings. The Balaban J connectivity index is 1.23. The molecule has 2 amide bonds. The number of benzene rings is 2. The number of esters is 1. The highest BCUT2D eigenvalue weighted by Gasteiger charge is 2.30. The number of aromatic amines is 1. The van der Waals surface area contributed by atoms with E-state index in [4.69, 9.17) is 4.74 Å². The number of hydrogen-bond acceptors (Lipinski definition) is 7. The fraction of sp³-hybridized carbons (Fsp3) is 0.290. The second-order valence-corrected chi connectivity index (χ2v) is 11.6. The predicted octanol–water partition coefficient (Wildman–Crippen LogP) is 4.36. The molecule has 0 aliphatic heterocycles. The van der Waals surface area contributed by atoms with Crippen molar-refractivity contribution >= 4 is 34.3 Å². The molecule has 6 rings (SSSR count). The first-order chi connectivity index (χ1) is 20.5. The summed E-state index contributed by atoms with van der Waals surface area (Å²) in [4.78, 5) is 43.5. The molecule has 0 unspecified atom stereocenters. The summed E-state index contributed by atoms with van der Waals surface area (Å²) in [6.07, 6.45) is 3.92. The molecule has 0 spiro atoms. The Hall–Kier alpha value is -5.13. The first-order valence-corrected chi connectivity index (χ1v) is 13.9. The molecule has 3 aromatic heterocycles. The number of ether oxygens (including phenoxy) is 1. The Kier molecular flexibility index (Phi) is 6.91. The second-order valence-electron chi connectivity index (χ2n) is 11.6. The Bertz CT molecular complexity index is 1920. The van der Waals surface area contributed by atoms with Crippen LogP contribution in [0.3, 0.4) is 0 Å². The van der Waals surface area contributed by atoms with Gasteiger partial charge in [0.1, 0.15) is 17.0 Å². The maximum Gasteiger partial charge on any atom is 0.338 e. The van der Waals surface area contributed by atoms with E-state index in [0.717, 1.165) is 43.9 Å². The minimum Gasteiger partial charge on any atom is -0.456 e. The molecule has 0 saturated carbocycles. The van der Waals surface area contributed by atoms with Crippen LogP contribution in [0.25, 0.3) is 16.6 Å². The number of H-pyrrole nitrogens is 1. The number of carbonyl (C=O) groups excluding carboxylic acids is 3. The largest absolute Gasteiger partial charge is 0.456 e. The van der Waals surface area contributed by atoms with E-state index < -0.39 is 29.2 Å². The lowest BCUT2D eigenvalue weighted by molar-refractivity contribution is 0.00683. The SMILES string of the molecule is Cc1c(C(=O)OC(C)(C)C)ccc2c1CC[C@@H]2NC(=O)c1cc(C(=O)NCc2ccc3cn[nH]c3c2)nc2c(F)cnn12. The normalized spacial score (nSPS) is 14.6. The van der Waals surface area contributed by atoms with Crippen LogP contribution in [0.1, 0.15) is 86.8 Å². The molecule has 1 atom stereocenters. The van der Waals surface area contributed by atoms with E-state index in [1.165, 1.54) is 6.07 Å². The fourth-order valence-electron chi connectivity index (χ4n) is 5.40. The smallest absolute Gasteiger partial charge is 0.338 e. The van der Waals surface area contributed by atoms with Crippen LogP contribution in [0.5, 0.6) is 0 Å². The average Bonchev–Trinajstić information content (AvgIpc) is 3.69. The van der Waals surface area contributed by atoms with E-state index in [1.807, 2.05) is 52.0 Å². The van der Waals surface area contributed by atoms with Gasteiger partial charge >= 0.3 is 5.97 Å². The number of fused-ring (bicyclic) bond motifs is 3. The number of aromatic nitrogens is 5. The van der Waals surface area contributed by atoms with Gasteiger partial charge in [0.2, 0.25) is 0 Å². The lowest BCUT2D eigenvalue weighted by atomic mass is 9.97. The van der Waals surface area contributed by atoms with Crippen molar-refractivity contribution in [3.63, 3.8) is 0 Å². The molecule has 3 heterocycles. The molecule has 0 fully saturated rings. The summed E-state index contributed by atoms with van der Waals surface area (Å²) in [5.41, 5.74) is 3.82. The van der Waals surface area contributed by atoms with Crippen molar-refractivity contribution in [2.24, 2.45) is 0 Å². The van der Waals surface area contributed by atoms with Crippen LogP contribution in [0, 0.1) is 12.7 Å². The van der Waals surface area contributed by atoms with Crippen LogP contribution in [0.2, 0.25) is 0 Å². The Morgan fingerprint density at radius 3 is 2.72 bits per heavy atom. The molecule has 0 bridgehead atoms. The van der Waals surface area contributed by atoms with Crippen molar-refractivity contribution in [3.05, 3.63) is 93.8 Å². The van der Waals surface area contributed by atoms with Gasteiger partial charge in [-0.3, -0.25) is 14.7 Å². The molecule has 11 nitrogen and oxygen atoms in total. The van der Waals surface area contributed by atoms with E-state index in [2.05, 4.69) is 30.9 Å². The van der Waals surface area contributed by atoms with E-state index in [0.29, 0.717) is 18.4 Å². The average molecular weight is 584 g/mol. The highest BCUT2D eigenvalue weighted by atomic mass is 19.1. The van der Waals surface area contributed by atoms with Gasteiger partial charge in [0.15, 0.2) is 11.5 Å². The van der Waals surface area contributed by atoms with Crippen molar-refractivity contribution in [2.75, 3.05) is 0 Å². The number of rotatable bonds is 6. The van der Waals surface area contributed by atoms with Crippen molar-refractivity contribution in [1.29, 1.82) is 0 Å². The van der Waals surface area contributed by atoms with Crippen molar-refractivity contribution in [2.45, 2.75) is 58.7 Å². The van der Waals surface area contributed by atoms with Gasteiger partial charge in [0.05, 0.1) is 29.5 Å². The Labute approximate surface area is 245 Å². The molecule has 3 N–H and O–H groups in total. The highest BCUT2D eigenvalue weighted by Crippen LogP contribution is 2.35. The molecule has 0 radical (unpaired) electrons. The van der Waals surface area contributed by atoms with Gasteiger partial charge in [-0.05, 0) is 74.9 Å². The van der Waals surface area contributed by atoms with Gasteiger partial charge in [-0.1, -0.05) is 18.2 Å². The van der Waals surface area contributed by atoms with Crippen LogP contribution in [0.15, 0.2) is 48.8 Å². The van der Waals surface area contributed by atoms with Gasteiger partial charge in [-0.25, -0.2) is 18.7 Å². The maximum absolute atomic E-state index is 14.6. The van der Waals surface area contributed by atoms with Crippen LogP contribution >= 0.6 is 0 Å². The van der Waals surface area contributed by atoms with E-state index in [-0.39, 0.29) is 29.6 Å². The zero-order chi connectivity index (χ0) is 30.5. The topological polar surface area (TPSA) is 143 Å². The van der Waals surface area contributed by atoms with E-state index >= 15 is 0 Å². The third-order valence-electron chi connectivity index (χ3n) is 7.47. The first kappa shape index (κ1) is 28.0. The Morgan fingerprint density at radius 1 is 1.12 bits per heavy atom. The quantitative estimate of drug-likeness (QED) is 0.252. The molecule has 12 heteroatoms. The molecule has 220 valence electrons. The number of amides is 2. The summed E-state index contributed by atoms with van der Waals surface area (Å²) in [7, 11) is 0. The summed E-state index contributed by atoms with van der Waals surface area (Å²) in [5, 5.41) is 17.6. The highest BCUT2D eigenvalue weighted by molar-refractivity contribution is 5.98. The lowest BCUT2D eigenvalue weighted by Gasteiger charge is -2.21. The van der Waals surface area contributed by atoms with Gasteiger partial charge in [-0.2, -0.15) is 10.2 Å². The number of nitrogens with one attached hydrogen (secondary N) is 3. The number of hydrogen-bond donors (Lipinski definition) is 3. The lowest BCUT2D eigenvalue weighted by Crippen LogP contribution is -2.31. The number of nitrogens with zero attached hydrogens (tertiary/aromatic N) is 4. The number of halogens is 1. The van der Waals surface area contributed by atoms with Gasteiger partial charge in [0.25, 0.3) is 11.8 Å². The molecular weight excluding hydrogens is 553 g/mol. The van der Waals surface area contributed by atoms with Gasteiger partial charge in [0, 0.05) is 18.0 Å². The monoisotopic (exact) mass is 583 g/mol. The second kappa shape index (κ2) is 10.6. The first-order valence-electron chi connectivity index (χ1n) is 13.9. The van der Waals surface area contributed by atoms with Crippen molar-refractivity contribution < 1.29 is 23.5 Å². The van der Waals surface area contributed by atoms with E-state index in [9.17, 15) is 18.8 Å². The molecular formula is C31H30FN7O4. The maximum atomic E-state index is 14.6. The zero-order valence-electron chi connectivity index (χ0n) is 24.1. The van der Waals surface area contributed by atoms with Crippen molar-refractivity contribution in [1.82, 2.24) is 35.4 Å². The van der Waals surface area contributed by atoms with Gasteiger partial charge in [-0.15, -0.1) is 0 Å². The molecule has 1 aliphatic carbocycles. The van der Waals surface area contributed by atoms with Crippen LogP contribution in [-0.2, 0) is 17.7 Å². The van der Waals surface area contributed by atoms with Crippen LogP contribution in [-0.4, -0.2) is 48.2 Å². The molecule has 0 saturated heterocycles. The van der Waals surface area contributed by atoms with Gasteiger partial charge < -0.3 is 15.4 Å². The fourth-order valence-corrected chi connectivity index (χ4v) is 5.40.